The summed E-state index contributed by atoms with van der Waals surface area (Å²) in [5.74, 6) is -0.363. The van der Waals surface area contributed by atoms with E-state index in [0.29, 0.717) is 12.8 Å². The van der Waals surface area contributed by atoms with Crippen LogP contribution in [0.3, 0.4) is 0 Å². The summed E-state index contributed by atoms with van der Waals surface area (Å²) >= 11 is 0. The first-order valence-electron chi connectivity index (χ1n) is 5.03. The van der Waals surface area contributed by atoms with Crippen LogP contribution in [0.4, 0.5) is 0 Å². The molecule has 1 aliphatic rings. The lowest BCUT2D eigenvalue weighted by Crippen LogP contribution is -2.49. The summed E-state index contributed by atoms with van der Waals surface area (Å²) in [4.78, 5) is 22.9. The minimum absolute atomic E-state index is 0.173. The average Bonchev–Trinajstić information content (AvgIpc) is 2.25. The normalized spacial score (nSPS) is 26.2. The monoisotopic (exact) mass is 203 g/mol. The molecule has 1 N–H and O–H groups in total. The standard InChI is InChI=1S/C12H13NO2/c1-12(9-5-3-2-4-6-9)8-7-10(14)13-11(12)15/h2-6H,7-8H2,1H3,(H,13,14,15)/t12-/m0/s1. The summed E-state index contributed by atoms with van der Waals surface area (Å²) in [7, 11) is 0. The Kier molecular flexibility index (Phi) is 2.31. The number of carbonyl (C=O) groups excluding carboxylic acids is 2. The molecule has 15 heavy (non-hydrogen) atoms. The molecule has 0 radical (unpaired) electrons. The summed E-state index contributed by atoms with van der Waals surface area (Å²) in [6.07, 6.45) is 0.999. The van der Waals surface area contributed by atoms with E-state index in [4.69, 9.17) is 0 Å². The highest BCUT2D eigenvalue weighted by Crippen LogP contribution is 2.31. The third-order valence-electron chi connectivity index (χ3n) is 3.02. The van der Waals surface area contributed by atoms with Gasteiger partial charge in [-0.1, -0.05) is 30.3 Å². The van der Waals surface area contributed by atoms with Gasteiger partial charge in [-0.3, -0.25) is 14.9 Å². The van der Waals surface area contributed by atoms with Gasteiger partial charge >= 0.3 is 0 Å². The molecule has 2 rings (SSSR count). The van der Waals surface area contributed by atoms with Crippen LogP contribution in [0.1, 0.15) is 25.3 Å². The fourth-order valence-corrected chi connectivity index (χ4v) is 1.89. The molecule has 1 heterocycles. The number of piperidine rings is 1. The van der Waals surface area contributed by atoms with Crippen LogP contribution < -0.4 is 5.32 Å². The molecular weight excluding hydrogens is 190 g/mol. The number of imide groups is 1. The molecule has 0 bridgehead atoms. The van der Waals surface area contributed by atoms with E-state index in [0.717, 1.165) is 5.56 Å². The SMILES string of the molecule is C[C@@]1(c2ccccc2)CCC(=O)NC1=O. The predicted molar refractivity (Wildman–Crippen MR) is 56.2 cm³/mol. The topological polar surface area (TPSA) is 46.2 Å². The summed E-state index contributed by atoms with van der Waals surface area (Å²) in [5, 5.41) is 2.39. The maximum atomic E-state index is 11.8. The van der Waals surface area contributed by atoms with Crippen molar-refractivity contribution in [3.05, 3.63) is 35.9 Å². The number of amides is 2. The van der Waals surface area contributed by atoms with Crippen LogP contribution in [0, 0.1) is 0 Å². The van der Waals surface area contributed by atoms with E-state index in [1.54, 1.807) is 0 Å². The van der Waals surface area contributed by atoms with Gasteiger partial charge in [-0.2, -0.15) is 0 Å². The largest absolute Gasteiger partial charge is 0.296 e. The smallest absolute Gasteiger partial charge is 0.236 e. The van der Waals surface area contributed by atoms with E-state index < -0.39 is 5.41 Å². The summed E-state index contributed by atoms with van der Waals surface area (Å²) in [6.45, 7) is 1.88. The fraction of sp³-hybridized carbons (Fsp3) is 0.333. The highest BCUT2D eigenvalue weighted by molar-refractivity contribution is 6.03. The first-order chi connectivity index (χ1) is 7.13. The quantitative estimate of drug-likeness (QED) is 0.701. The molecule has 1 saturated heterocycles. The molecule has 78 valence electrons. The van der Waals surface area contributed by atoms with Crippen LogP contribution in [0.15, 0.2) is 30.3 Å². The van der Waals surface area contributed by atoms with E-state index in [1.807, 2.05) is 37.3 Å². The Bertz CT molecular complexity index is 399. The Labute approximate surface area is 88.5 Å². The maximum Gasteiger partial charge on any atom is 0.236 e. The lowest BCUT2D eigenvalue weighted by atomic mass is 9.76. The molecule has 1 aliphatic heterocycles. The third kappa shape index (κ3) is 1.65. The zero-order chi connectivity index (χ0) is 10.9. The number of benzene rings is 1. The van der Waals surface area contributed by atoms with Gasteiger partial charge in [0.2, 0.25) is 11.8 Å². The summed E-state index contributed by atoms with van der Waals surface area (Å²) < 4.78 is 0. The Hall–Kier alpha value is -1.64. The second kappa shape index (κ2) is 3.50. The van der Waals surface area contributed by atoms with E-state index in [9.17, 15) is 9.59 Å². The van der Waals surface area contributed by atoms with Gasteiger partial charge in [0.15, 0.2) is 0 Å². The molecule has 1 atom stereocenters. The lowest BCUT2D eigenvalue weighted by Gasteiger charge is -2.31. The number of rotatable bonds is 1. The molecule has 0 aromatic heterocycles. The van der Waals surface area contributed by atoms with Crippen LogP contribution in [0.5, 0.6) is 0 Å². The number of nitrogens with one attached hydrogen (secondary N) is 1. The second-order valence-electron chi connectivity index (χ2n) is 4.08. The van der Waals surface area contributed by atoms with Crippen molar-refractivity contribution in [2.45, 2.75) is 25.2 Å². The van der Waals surface area contributed by atoms with Crippen LogP contribution in [-0.2, 0) is 15.0 Å². The van der Waals surface area contributed by atoms with Crippen molar-refractivity contribution in [1.29, 1.82) is 0 Å². The minimum atomic E-state index is -0.560. The number of hydrogen-bond acceptors (Lipinski definition) is 2. The van der Waals surface area contributed by atoms with Gasteiger partial charge < -0.3 is 0 Å². The third-order valence-corrected chi connectivity index (χ3v) is 3.02. The van der Waals surface area contributed by atoms with E-state index in [1.165, 1.54) is 0 Å². The molecule has 0 saturated carbocycles. The fourth-order valence-electron chi connectivity index (χ4n) is 1.89. The van der Waals surface area contributed by atoms with E-state index in [-0.39, 0.29) is 11.8 Å². The molecule has 0 spiro atoms. The van der Waals surface area contributed by atoms with Gasteiger partial charge in [-0.15, -0.1) is 0 Å². The van der Waals surface area contributed by atoms with Crippen LogP contribution in [0.25, 0.3) is 0 Å². The zero-order valence-electron chi connectivity index (χ0n) is 8.62. The Morgan fingerprint density at radius 3 is 2.47 bits per heavy atom. The lowest BCUT2D eigenvalue weighted by molar-refractivity contribution is -0.137. The van der Waals surface area contributed by atoms with Gasteiger partial charge in [0, 0.05) is 6.42 Å². The highest BCUT2D eigenvalue weighted by Gasteiger charge is 2.39. The van der Waals surface area contributed by atoms with Crippen LogP contribution in [0.2, 0.25) is 0 Å². The predicted octanol–water partition coefficient (Wildman–Crippen LogP) is 1.38. The Morgan fingerprint density at radius 2 is 1.87 bits per heavy atom. The van der Waals surface area contributed by atoms with Crippen molar-refractivity contribution in [2.24, 2.45) is 0 Å². The zero-order valence-corrected chi connectivity index (χ0v) is 8.62. The van der Waals surface area contributed by atoms with E-state index >= 15 is 0 Å². The van der Waals surface area contributed by atoms with Gasteiger partial charge in [0.05, 0.1) is 5.41 Å². The Balaban J connectivity index is 2.35. The van der Waals surface area contributed by atoms with Gasteiger partial charge in [0.1, 0.15) is 0 Å². The summed E-state index contributed by atoms with van der Waals surface area (Å²) in [6, 6.07) is 9.58. The van der Waals surface area contributed by atoms with Crippen LogP contribution >= 0.6 is 0 Å². The average molecular weight is 203 g/mol. The van der Waals surface area contributed by atoms with Gasteiger partial charge in [-0.05, 0) is 18.9 Å². The molecular formula is C12H13NO2. The number of carbonyl (C=O) groups is 2. The molecule has 1 aromatic carbocycles. The number of hydrogen-bond donors (Lipinski definition) is 1. The van der Waals surface area contributed by atoms with E-state index in [2.05, 4.69) is 5.32 Å². The molecule has 1 fully saturated rings. The van der Waals surface area contributed by atoms with Gasteiger partial charge in [0.25, 0.3) is 0 Å². The minimum Gasteiger partial charge on any atom is -0.296 e. The molecule has 0 unspecified atom stereocenters. The first kappa shape index (κ1) is 9.90. The summed E-state index contributed by atoms with van der Waals surface area (Å²) in [5.41, 5.74) is 0.407. The highest BCUT2D eigenvalue weighted by atomic mass is 16.2. The Morgan fingerprint density at radius 1 is 1.20 bits per heavy atom. The molecule has 1 aromatic rings. The van der Waals surface area contributed by atoms with Crippen molar-refractivity contribution < 1.29 is 9.59 Å². The van der Waals surface area contributed by atoms with Crippen molar-refractivity contribution in [3.8, 4) is 0 Å². The molecule has 0 aliphatic carbocycles. The maximum absolute atomic E-state index is 11.8. The molecule has 3 nitrogen and oxygen atoms in total. The second-order valence-corrected chi connectivity index (χ2v) is 4.08. The van der Waals surface area contributed by atoms with Crippen molar-refractivity contribution in [2.75, 3.05) is 0 Å². The van der Waals surface area contributed by atoms with Gasteiger partial charge in [-0.25, -0.2) is 0 Å². The molecule has 2 amide bonds. The molecule has 3 heteroatoms. The van der Waals surface area contributed by atoms with Crippen molar-refractivity contribution in [1.82, 2.24) is 5.32 Å². The first-order valence-corrected chi connectivity index (χ1v) is 5.03. The van der Waals surface area contributed by atoms with Crippen LogP contribution in [-0.4, -0.2) is 11.8 Å². The van der Waals surface area contributed by atoms with Crippen molar-refractivity contribution in [3.63, 3.8) is 0 Å². The van der Waals surface area contributed by atoms with Crippen molar-refractivity contribution >= 4 is 11.8 Å².